The minimum absolute atomic E-state index is 0.713. The van der Waals surface area contributed by atoms with E-state index in [0.29, 0.717) is 5.92 Å². The van der Waals surface area contributed by atoms with Crippen LogP contribution in [0.3, 0.4) is 0 Å². The van der Waals surface area contributed by atoms with Crippen LogP contribution in [0.2, 0.25) is 0 Å². The van der Waals surface area contributed by atoms with Crippen LogP contribution in [0.25, 0.3) is 11.1 Å². The predicted molar refractivity (Wildman–Crippen MR) is 112 cm³/mol. The van der Waals surface area contributed by atoms with E-state index >= 15 is 0 Å². The molecule has 0 aliphatic heterocycles. The fraction of sp³-hybridized carbons (Fsp3) is 0.520. The van der Waals surface area contributed by atoms with Gasteiger partial charge >= 0.3 is 0 Å². The molecule has 0 saturated heterocycles. The normalized spacial score (nSPS) is 11.2. The molecule has 136 valence electrons. The molecular formula is C25H36. The van der Waals surface area contributed by atoms with Crippen LogP contribution in [0, 0.1) is 0 Å². The number of rotatable bonds is 12. The average Bonchev–Trinajstić information content (AvgIpc) is 2.67. The first-order chi connectivity index (χ1) is 12.4. The van der Waals surface area contributed by atoms with Gasteiger partial charge in [0, 0.05) is 0 Å². The molecule has 2 aromatic carbocycles. The first-order valence-electron chi connectivity index (χ1n) is 10.5. The second-order valence-electron chi connectivity index (χ2n) is 7.35. The van der Waals surface area contributed by atoms with Crippen LogP contribution in [0.15, 0.2) is 54.6 Å². The fourth-order valence-electron chi connectivity index (χ4n) is 3.82. The lowest BCUT2D eigenvalue weighted by Gasteiger charge is -2.21. The van der Waals surface area contributed by atoms with Gasteiger partial charge in [-0.1, -0.05) is 120 Å². The molecule has 0 aromatic heterocycles. The summed E-state index contributed by atoms with van der Waals surface area (Å²) in [6, 6.07) is 20.0. The molecule has 0 saturated carbocycles. The van der Waals surface area contributed by atoms with Gasteiger partial charge in [-0.05, 0) is 35.4 Å². The predicted octanol–water partition coefficient (Wildman–Crippen LogP) is 8.38. The Hall–Kier alpha value is -1.56. The van der Waals surface area contributed by atoms with E-state index in [1.54, 1.807) is 5.56 Å². The molecular weight excluding hydrogens is 300 g/mol. The average molecular weight is 337 g/mol. The molecule has 0 radical (unpaired) electrons. The summed E-state index contributed by atoms with van der Waals surface area (Å²) < 4.78 is 0. The van der Waals surface area contributed by atoms with Gasteiger partial charge in [-0.2, -0.15) is 0 Å². The van der Waals surface area contributed by atoms with Crippen molar-refractivity contribution in [1.29, 1.82) is 0 Å². The monoisotopic (exact) mass is 336 g/mol. The standard InChI is InChI=1S/C25H36/c1-3-5-7-10-16-22(17-11-8-6-4-2)24-20-14-15-21-25(24)23-18-12-9-13-19-23/h9,12-15,18-22H,3-8,10-11,16-17H2,1-2H3. The Bertz CT molecular complexity index is 558. The van der Waals surface area contributed by atoms with Crippen LogP contribution < -0.4 is 0 Å². The van der Waals surface area contributed by atoms with E-state index in [0.717, 1.165) is 0 Å². The first kappa shape index (κ1) is 19.8. The molecule has 0 N–H and O–H groups in total. The van der Waals surface area contributed by atoms with Gasteiger partial charge in [0.2, 0.25) is 0 Å². The highest BCUT2D eigenvalue weighted by Gasteiger charge is 2.15. The molecule has 0 amide bonds. The van der Waals surface area contributed by atoms with E-state index in [-0.39, 0.29) is 0 Å². The molecule has 25 heavy (non-hydrogen) atoms. The molecule has 0 aliphatic carbocycles. The third-order valence-corrected chi connectivity index (χ3v) is 5.30. The topological polar surface area (TPSA) is 0 Å². The molecule has 0 heteroatoms. The van der Waals surface area contributed by atoms with E-state index in [2.05, 4.69) is 68.4 Å². The number of hydrogen-bond donors (Lipinski definition) is 0. The van der Waals surface area contributed by atoms with E-state index in [9.17, 15) is 0 Å². The van der Waals surface area contributed by atoms with Crippen LogP contribution in [0.1, 0.15) is 89.5 Å². The highest BCUT2D eigenvalue weighted by molar-refractivity contribution is 5.67. The summed E-state index contributed by atoms with van der Waals surface area (Å²) in [5.41, 5.74) is 4.38. The molecule has 0 unspecified atom stereocenters. The maximum atomic E-state index is 2.38. The molecule has 0 nitrogen and oxygen atoms in total. The summed E-state index contributed by atoms with van der Waals surface area (Å²) in [6.07, 6.45) is 13.6. The summed E-state index contributed by atoms with van der Waals surface area (Å²) in [6.45, 7) is 4.60. The zero-order valence-corrected chi connectivity index (χ0v) is 16.3. The Balaban J connectivity index is 2.14. The molecule has 0 atom stereocenters. The van der Waals surface area contributed by atoms with Crippen molar-refractivity contribution in [2.45, 2.75) is 84.0 Å². The van der Waals surface area contributed by atoms with Crippen molar-refractivity contribution < 1.29 is 0 Å². The zero-order valence-electron chi connectivity index (χ0n) is 16.3. The van der Waals surface area contributed by atoms with Crippen LogP contribution in [0.4, 0.5) is 0 Å². The Morgan fingerprint density at radius 1 is 0.600 bits per heavy atom. The first-order valence-corrected chi connectivity index (χ1v) is 10.5. The minimum atomic E-state index is 0.713. The van der Waals surface area contributed by atoms with Crippen LogP contribution in [-0.4, -0.2) is 0 Å². The number of benzene rings is 2. The van der Waals surface area contributed by atoms with Crippen LogP contribution >= 0.6 is 0 Å². The van der Waals surface area contributed by atoms with Crippen molar-refractivity contribution in [3.8, 4) is 11.1 Å². The maximum Gasteiger partial charge on any atom is -0.0149 e. The van der Waals surface area contributed by atoms with Crippen molar-refractivity contribution in [1.82, 2.24) is 0 Å². The lowest BCUT2D eigenvalue weighted by atomic mass is 9.84. The van der Waals surface area contributed by atoms with Crippen LogP contribution in [0.5, 0.6) is 0 Å². The largest absolute Gasteiger partial charge is 0.0654 e. The van der Waals surface area contributed by atoms with Gasteiger partial charge in [0.1, 0.15) is 0 Å². The summed E-state index contributed by atoms with van der Waals surface area (Å²) in [5, 5.41) is 0. The lowest BCUT2D eigenvalue weighted by Crippen LogP contribution is -2.02. The smallest absolute Gasteiger partial charge is 0.0149 e. The Morgan fingerprint density at radius 2 is 1.16 bits per heavy atom. The molecule has 2 rings (SSSR count). The molecule has 0 heterocycles. The number of hydrogen-bond acceptors (Lipinski definition) is 0. The highest BCUT2D eigenvalue weighted by Crippen LogP contribution is 2.35. The van der Waals surface area contributed by atoms with Crippen molar-refractivity contribution in [2.75, 3.05) is 0 Å². The van der Waals surface area contributed by atoms with Gasteiger partial charge in [0.25, 0.3) is 0 Å². The van der Waals surface area contributed by atoms with Gasteiger partial charge < -0.3 is 0 Å². The Morgan fingerprint density at radius 3 is 1.76 bits per heavy atom. The summed E-state index contributed by atoms with van der Waals surface area (Å²) in [4.78, 5) is 0. The molecule has 2 aromatic rings. The van der Waals surface area contributed by atoms with E-state index in [4.69, 9.17) is 0 Å². The molecule has 0 fully saturated rings. The summed E-state index contributed by atoms with van der Waals surface area (Å²) >= 11 is 0. The van der Waals surface area contributed by atoms with E-state index in [1.807, 2.05) is 0 Å². The molecule has 0 aliphatic rings. The van der Waals surface area contributed by atoms with Gasteiger partial charge in [-0.25, -0.2) is 0 Å². The van der Waals surface area contributed by atoms with Gasteiger partial charge in [0.05, 0.1) is 0 Å². The van der Waals surface area contributed by atoms with Gasteiger partial charge in [-0.3, -0.25) is 0 Å². The van der Waals surface area contributed by atoms with Crippen molar-refractivity contribution in [3.05, 3.63) is 60.2 Å². The summed E-state index contributed by atoms with van der Waals surface area (Å²) in [5.74, 6) is 0.713. The number of unbranched alkanes of at least 4 members (excludes halogenated alkanes) is 6. The van der Waals surface area contributed by atoms with E-state index in [1.165, 1.54) is 75.3 Å². The SMILES string of the molecule is CCCCCCC(CCCCCC)c1ccccc1-c1ccccc1. The second kappa shape index (κ2) is 11.9. The zero-order chi connectivity index (χ0) is 17.7. The van der Waals surface area contributed by atoms with Crippen LogP contribution in [-0.2, 0) is 0 Å². The van der Waals surface area contributed by atoms with Gasteiger partial charge in [-0.15, -0.1) is 0 Å². The van der Waals surface area contributed by atoms with Crippen molar-refractivity contribution >= 4 is 0 Å². The van der Waals surface area contributed by atoms with Crippen molar-refractivity contribution in [2.24, 2.45) is 0 Å². The second-order valence-corrected chi connectivity index (χ2v) is 7.35. The third kappa shape index (κ3) is 6.69. The molecule has 0 spiro atoms. The van der Waals surface area contributed by atoms with Gasteiger partial charge in [0.15, 0.2) is 0 Å². The molecule has 0 bridgehead atoms. The fourth-order valence-corrected chi connectivity index (χ4v) is 3.82. The Labute approximate surface area is 155 Å². The Kier molecular flexibility index (Phi) is 9.41. The maximum absolute atomic E-state index is 2.38. The minimum Gasteiger partial charge on any atom is -0.0654 e. The third-order valence-electron chi connectivity index (χ3n) is 5.30. The summed E-state index contributed by atoms with van der Waals surface area (Å²) in [7, 11) is 0. The quantitative estimate of drug-likeness (QED) is 0.341. The lowest BCUT2D eigenvalue weighted by molar-refractivity contribution is 0.497. The highest BCUT2D eigenvalue weighted by atomic mass is 14.2. The van der Waals surface area contributed by atoms with Crippen molar-refractivity contribution in [3.63, 3.8) is 0 Å². The van der Waals surface area contributed by atoms with E-state index < -0.39 is 0 Å².